The summed E-state index contributed by atoms with van der Waals surface area (Å²) in [6.45, 7) is 2.09. The number of H-pyrrole nitrogens is 2. The van der Waals surface area contributed by atoms with Crippen LogP contribution in [0.3, 0.4) is 0 Å². The molecule has 14 nitrogen and oxygen atoms in total. The second kappa shape index (κ2) is 17.4. The lowest BCUT2D eigenvalue weighted by molar-refractivity contribution is 0.243. The van der Waals surface area contributed by atoms with Gasteiger partial charge in [-0.2, -0.15) is 0 Å². The van der Waals surface area contributed by atoms with Crippen LogP contribution in [0.1, 0.15) is 49.9 Å². The number of nitrogens with zero attached hydrogens (tertiary/aromatic N) is 4. The number of aryl methyl sites for hydroxylation is 2. The smallest absolute Gasteiger partial charge is 0.321 e. The average molecular weight is 503 g/mol. The second-order valence-electron chi connectivity index (χ2n) is 8.07. The van der Waals surface area contributed by atoms with Gasteiger partial charge in [-0.15, -0.1) is 0 Å². The first kappa shape index (κ1) is 28.1. The minimum absolute atomic E-state index is 0.0984. The molecule has 2 heterocycles. The first-order chi connectivity index (χ1) is 17.5. The first-order valence-corrected chi connectivity index (χ1v) is 12.2. The fourth-order valence-electron chi connectivity index (χ4n) is 3.19. The molecule has 0 aromatic carbocycles. The zero-order chi connectivity index (χ0) is 25.8. The number of hydrogen-bond donors (Lipinski definition) is 8. The Hall–Kier alpha value is -4.10. The van der Waals surface area contributed by atoms with Crippen LogP contribution in [0.5, 0.6) is 0 Å². The Morgan fingerprint density at radius 1 is 0.722 bits per heavy atom. The van der Waals surface area contributed by atoms with Crippen LogP contribution in [-0.4, -0.2) is 70.1 Å². The number of aliphatic imine (C=N–C) groups is 2. The van der Waals surface area contributed by atoms with E-state index in [1.807, 2.05) is 0 Å². The fraction of sp³-hybridized carbons (Fsp3) is 0.545. The molecule has 0 fully saturated rings. The van der Waals surface area contributed by atoms with Gasteiger partial charge < -0.3 is 32.1 Å². The molecule has 0 aliphatic heterocycles. The second-order valence-corrected chi connectivity index (χ2v) is 8.07. The molecule has 4 amide bonds. The fourth-order valence-corrected chi connectivity index (χ4v) is 3.19. The van der Waals surface area contributed by atoms with Gasteiger partial charge in [-0.05, 0) is 38.5 Å². The largest absolute Gasteiger partial charge is 0.370 e. The maximum Gasteiger partial charge on any atom is 0.321 e. The highest BCUT2D eigenvalue weighted by Gasteiger charge is 2.03. The Balaban J connectivity index is 1.39. The topological polar surface area (TPSA) is 216 Å². The molecular formula is C22H38N12O2. The highest BCUT2D eigenvalue weighted by molar-refractivity contribution is 5.95. The lowest BCUT2D eigenvalue weighted by atomic mass is 10.2. The highest BCUT2D eigenvalue weighted by atomic mass is 16.2. The van der Waals surface area contributed by atoms with Gasteiger partial charge in [0.15, 0.2) is 11.9 Å². The van der Waals surface area contributed by atoms with E-state index in [0.717, 1.165) is 62.8 Å². The number of guanidine groups is 2. The Morgan fingerprint density at radius 2 is 1.17 bits per heavy atom. The molecule has 0 atom stereocenters. The van der Waals surface area contributed by atoms with Crippen LogP contribution < -0.4 is 32.7 Å². The molecule has 0 aliphatic carbocycles. The highest BCUT2D eigenvalue weighted by Crippen LogP contribution is 1.99. The third kappa shape index (κ3) is 13.6. The van der Waals surface area contributed by atoms with E-state index in [-0.39, 0.29) is 24.0 Å². The summed E-state index contributed by atoms with van der Waals surface area (Å²) < 4.78 is 0. The summed E-state index contributed by atoms with van der Waals surface area (Å²) in [7, 11) is 0. The molecular weight excluding hydrogens is 464 g/mol. The van der Waals surface area contributed by atoms with Crippen molar-refractivity contribution < 1.29 is 9.59 Å². The maximum atomic E-state index is 11.8. The quantitative estimate of drug-likeness (QED) is 0.0983. The number of urea groups is 2. The van der Waals surface area contributed by atoms with E-state index in [2.05, 4.69) is 51.2 Å². The Bertz CT molecular complexity index is 849. The van der Waals surface area contributed by atoms with Gasteiger partial charge in [-0.1, -0.05) is 12.8 Å². The molecule has 14 heteroatoms. The van der Waals surface area contributed by atoms with Crippen LogP contribution >= 0.6 is 0 Å². The Kier molecular flexibility index (Phi) is 13.6. The molecule has 36 heavy (non-hydrogen) atoms. The number of unbranched alkanes of at least 4 members (excludes halogenated alkanes) is 3. The third-order valence-corrected chi connectivity index (χ3v) is 5.04. The summed E-state index contributed by atoms with van der Waals surface area (Å²) in [6.07, 6.45) is 13.5. The molecule has 0 saturated heterocycles. The van der Waals surface area contributed by atoms with Crippen molar-refractivity contribution in [3.05, 3.63) is 36.4 Å². The number of amides is 4. The molecule has 0 saturated carbocycles. The summed E-state index contributed by atoms with van der Waals surface area (Å²) in [4.78, 5) is 45.9. The van der Waals surface area contributed by atoms with Crippen LogP contribution in [-0.2, 0) is 12.8 Å². The molecule has 0 radical (unpaired) electrons. The number of aromatic amines is 2. The predicted octanol–water partition coefficient (Wildman–Crippen LogP) is 0.486. The first-order valence-electron chi connectivity index (χ1n) is 12.2. The van der Waals surface area contributed by atoms with Crippen molar-refractivity contribution in [2.45, 2.75) is 51.4 Å². The standard InChI is InChI=1S/C22H38N12O2/c23-19(27-11-5-7-17-13-25-15-31-17)33-21(35)29-9-3-1-2-4-10-30-22(36)34-20(24)28-12-6-8-18-14-26-16-32-18/h13-16H,1-12H2,(H,25,31)(H,26,32)(H4,23,27,29,33,35)(H4,24,28,30,34,36). The zero-order valence-electron chi connectivity index (χ0n) is 20.6. The lowest BCUT2D eigenvalue weighted by Crippen LogP contribution is -2.44. The Morgan fingerprint density at radius 3 is 1.56 bits per heavy atom. The molecule has 198 valence electrons. The summed E-state index contributed by atoms with van der Waals surface area (Å²) in [5.74, 6) is 0.197. The molecule has 2 aromatic rings. The van der Waals surface area contributed by atoms with E-state index in [9.17, 15) is 9.59 Å². The number of carbonyl (C=O) groups is 2. The van der Waals surface area contributed by atoms with Gasteiger partial charge in [-0.25, -0.2) is 19.6 Å². The average Bonchev–Trinajstić information content (AvgIpc) is 3.56. The molecule has 10 N–H and O–H groups in total. The lowest BCUT2D eigenvalue weighted by Gasteiger charge is -2.08. The van der Waals surface area contributed by atoms with Crippen molar-refractivity contribution >= 4 is 24.0 Å². The van der Waals surface area contributed by atoms with Gasteiger partial charge in [0.25, 0.3) is 0 Å². The number of carbonyl (C=O) groups excluding carboxylic acids is 2. The van der Waals surface area contributed by atoms with Crippen LogP contribution in [0.4, 0.5) is 9.59 Å². The number of hydrogen-bond acceptors (Lipinski definition) is 6. The van der Waals surface area contributed by atoms with Crippen molar-refractivity contribution in [2.24, 2.45) is 21.5 Å². The SMILES string of the molecule is NC(=NCCCc1cnc[nH]1)NC(=O)NCCCCCCNC(=O)NC(N)=NCCCc1cnc[nH]1. The summed E-state index contributed by atoms with van der Waals surface area (Å²) in [6, 6.07) is -0.743. The zero-order valence-corrected chi connectivity index (χ0v) is 20.6. The van der Waals surface area contributed by atoms with Crippen LogP contribution in [0, 0.1) is 0 Å². The van der Waals surface area contributed by atoms with Crippen molar-refractivity contribution in [3.63, 3.8) is 0 Å². The minimum atomic E-state index is -0.372. The van der Waals surface area contributed by atoms with Crippen LogP contribution in [0.15, 0.2) is 35.0 Å². The van der Waals surface area contributed by atoms with E-state index in [1.54, 1.807) is 25.0 Å². The normalized spacial score (nSPS) is 11.8. The van der Waals surface area contributed by atoms with E-state index in [4.69, 9.17) is 11.5 Å². The van der Waals surface area contributed by atoms with Gasteiger partial charge >= 0.3 is 12.1 Å². The van der Waals surface area contributed by atoms with E-state index in [0.29, 0.717) is 26.2 Å². The number of imidazole rings is 2. The molecule has 0 unspecified atom stereocenters. The molecule has 2 aromatic heterocycles. The van der Waals surface area contributed by atoms with Gasteiger partial charge in [0.1, 0.15) is 0 Å². The predicted molar refractivity (Wildman–Crippen MR) is 138 cm³/mol. The summed E-state index contributed by atoms with van der Waals surface area (Å²) >= 11 is 0. The monoisotopic (exact) mass is 502 g/mol. The minimum Gasteiger partial charge on any atom is -0.370 e. The molecule has 0 spiro atoms. The van der Waals surface area contributed by atoms with Gasteiger partial charge in [0, 0.05) is 50.0 Å². The number of nitrogens with one attached hydrogen (secondary N) is 6. The van der Waals surface area contributed by atoms with Crippen molar-refractivity contribution in [2.75, 3.05) is 26.2 Å². The van der Waals surface area contributed by atoms with E-state index < -0.39 is 0 Å². The number of nitrogens with two attached hydrogens (primary N) is 2. The maximum absolute atomic E-state index is 11.8. The third-order valence-electron chi connectivity index (χ3n) is 5.04. The van der Waals surface area contributed by atoms with Gasteiger partial charge in [-0.3, -0.25) is 20.6 Å². The van der Waals surface area contributed by atoms with Crippen molar-refractivity contribution in [1.82, 2.24) is 41.2 Å². The number of rotatable bonds is 15. The summed E-state index contributed by atoms with van der Waals surface area (Å²) in [5, 5.41) is 10.5. The van der Waals surface area contributed by atoms with E-state index >= 15 is 0 Å². The van der Waals surface area contributed by atoms with Crippen molar-refractivity contribution in [3.8, 4) is 0 Å². The van der Waals surface area contributed by atoms with Crippen molar-refractivity contribution in [1.29, 1.82) is 0 Å². The summed E-state index contributed by atoms with van der Waals surface area (Å²) in [5.41, 5.74) is 13.5. The van der Waals surface area contributed by atoms with Crippen LogP contribution in [0.2, 0.25) is 0 Å². The number of aromatic nitrogens is 4. The molecule has 2 rings (SSSR count). The van der Waals surface area contributed by atoms with Gasteiger partial charge in [0.05, 0.1) is 12.7 Å². The molecule has 0 bridgehead atoms. The molecule has 0 aliphatic rings. The van der Waals surface area contributed by atoms with Crippen LogP contribution in [0.25, 0.3) is 0 Å². The van der Waals surface area contributed by atoms with E-state index in [1.165, 1.54) is 0 Å². The van der Waals surface area contributed by atoms with Gasteiger partial charge in [0.2, 0.25) is 0 Å². The Labute approximate surface area is 210 Å².